The molecule has 1 unspecified atom stereocenters. The number of aliphatic hydroxyl groups excluding tert-OH is 3. The molecule has 11 heteroatoms. The van der Waals surface area contributed by atoms with Crippen LogP contribution in [0.2, 0.25) is 0 Å². The van der Waals surface area contributed by atoms with Crippen LogP contribution in [0.1, 0.15) is 17.2 Å². The first-order valence-electron chi connectivity index (χ1n) is 9.60. The summed E-state index contributed by atoms with van der Waals surface area (Å²) in [7, 11) is 1.30. The average molecular weight is 451 g/mol. The molecule has 0 saturated carbocycles. The molecule has 5 atom stereocenters. The van der Waals surface area contributed by atoms with Crippen molar-refractivity contribution in [1.29, 1.82) is 0 Å². The van der Waals surface area contributed by atoms with Crippen LogP contribution in [0, 0.1) is 0 Å². The molecule has 2 aromatic rings. The summed E-state index contributed by atoms with van der Waals surface area (Å²) in [6.07, 6.45) is -5.33. The minimum atomic E-state index is -1.59. The van der Waals surface area contributed by atoms with E-state index in [1.807, 2.05) is 0 Å². The molecule has 172 valence electrons. The number of hydrogen-bond acceptors (Lipinski definition) is 10. The molecule has 2 heterocycles. The van der Waals surface area contributed by atoms with Gasteiger partial charge in [0, 0.05) is 12.1 Å². The lowest BCUT2D eigenvalue weighted by Crippen LogP contribution is -2.53. The number of ether oxygens (including phenoxy) is 4. The topological polar surface area (TPSA) is 182 Å². The molecule has 0 bridgehead atoms. The van der Waals surface area contributed by atoms with Crippen molar-refractivity contribution in [2.24, 2.45) is 0 Å². The van der Waals surface area contributed by atoms with Crippen molar-refractivity contribution in [3.05, 3.63) is 41.2 Å². The van der Waals surface area contributed by atoms with Gasteiger partial charge < -0.3 is 54.7 Å². The SMILES string of the molecule is COc1cc(C2[OH+]c3cc(O)cc(O)c3C=C2O[C@H]2OC[C@H](O)[C@@H](O)[C@@H]2O)cc(O)c1O. The molecule has 0 radical (unpaired) electrons. The lowest BCUT2D eigenvalue weighted by Gasteiger charge is -2.36. The first-order valence-corrected chi connectivity index (χ1v) is 9.60. The number of hydrogen-bond donors (Lipinski definition) is 7. The van der Waals surface area contributed by atoms with Gasteiger partial charge in [-0.25, -0.2) is 0 Å². The van der Waals surface area contributed by atoms with Gasteiger partial charge in [-0.1, -0.05) is 0 Å². The van der Waals surface area contributed by atoms with E-state index >= 15 is 0 Å². The average Bonchev–Trinajstić information content (AvgIpc) is 2.75. The molecule has 0 spiro atoms. The van der Waals surface area contributed by atoms with Crippen LogP contribution >= 0.6 is 0 Å². The van der Waals surface area contributed by atoms with E-state index in [1.165, 1.54) is 31.4 Å². The van der Waals surface area contributed by atoms with Crippen LogP contribution in [0.25, 0.3) is 6.08 Å². The largest absolute Gasteiger partial charge is 0.571 e. The molecule has 0 amide bonds. The summed E-state index contributed by atoms with van der Waals surface area (Å²) in [5.41, 5.74) is 0.526. The zero-order chi connectivity index (χ0) is 23.2. The molecule has 0 aliphatic carbocycles. The number of phenols is 4. The summed E-state index contributed by atoms with van der Waals surface area (Å²) in [5, 5.41) is 70.0. The summed E-state index contributed by atoms with van der Waals surface area (Å²) in [5.74, 6) is -1.23. The Bertz CT molecular complexity index is 1050. The van der Waals surface area contributed by atoms with Crippen molar-refractivity contribution in [3.8, 4) is 34.5 Å². The molecular formula is C21H23O11+. The number of aromatic hydroxyl groups is 5. The minimum Gasteiger partial charge on any atom is -0.571 e. The highest BCUT2D eigenvalue weighted by Gasteiger charge is 2.42. The Kier molecular flexibility index (Phi) is 5.65. The van der Waals surface area contributed by atoms with E-state index in [4.69, 9.17) is 14.2 Å². The highest BCUT2D eigenvalue weighted by molar-refractivity contribution is 5.69. The number of phenolic OH excluding ortho intramolecular Hbond substituents is 4. The van der Waals surface area contributed by atoms with Gasteiger partial charge in [0.05, 0.1) is 25.3 Å². The fraction of sp³-hybridized carbons (Fsp3) is 0.333. The van der Waals surface area contributed by atoms with Gasteiger partial charge in [0.15, 0.2) is 17.3 Å². The van der Waals surface area contributed by atoms with Crippen LogP contribution in [-0.4, -0.2) is 78.8 Å². The highest BCUT2D eigenvalue weighted by Crippen LogP contribution is 2.47. The standard InChI is InChI=1S/C21H22O11/c1-29-15-3-8(2-12(24)17(15)26)20-16(32-21-19(28)18(27)13(25)7-30-21)6-10-11(23)4-9(22)5-14(10)31-20/h2-6,13,18-28H,7H2,1H3/p+1/t13-,18+,19-,20?,21+/m0/s1. The van der Waals surface area contributed by atoms with Gasteiger partial charge in [0.2, 0.25) is 12.0 Å². The molecule has 1 saturated heterocycles. The quantitative estimate of drug-likeness (QED) is 0.252. The first-order chi connectivity index (χ1) is 15.2. The summed E-state index contributed by atoms with van der Waals surface area (Å²) >= 11 is 0. The van der Waals surface area contributed by atoms with Gasteiger partial charge in [0.1, 0.15) is 35.4 Å². The van der Waals surface area contributed by atoms with E-state index in [2.05, 4.69) is 4.74 Å². The van der Waals surface area contributed by atoms with Crippen LogP contribution in [0.4, 0.5) is 0 Å². The van der Waals surface area contributed by atoms with Gasteiger partial charge >= 0.3 is 0 Å². The van der Waals surface area contributed by atoms with Crippen LogP contribution in [-0.2, 0) is 9.47 Å². The first kappa shape index (κ1) is 21.8. The van der Waals surface area contributed by atoms with Gasteiger partial charge in [-0.05, 0) is 12.1 Å². The number of rotatable bonds is 4. The number of fused-ring (bicyclic) bond motifs is 1. The zero-order valence-corrected chi connectivity index (χ0v) is 16.8. The van der Waals surface area contributed by atoms with E-state index in [0.717, 1.165) is 6.07 Å². The summed E-state index contributed by atoms with van der Waals surface area (Å²) < 4.78 is 20.6. The second-order valence-corrected chi connectivity index (χ2v) is 7.44. The maximum Gasteiger partial charge on any atom is 0.270 e. The Morgan fingerprint density at radius 3 is 2.44 bits per heavy atom. The van der Waals surface area contributed by atoms with Crippen LogP contribution < -0.4 is 4.74 Å². The molecule has 2 aliphatic rings. The van der Waals surface area contributed by atoms with E-state index in [0.29, 0.717) is 5.56 Å². The van der Waals surface area contributed by atoms with Crippen molar-refractivity contribution in [3.63, 3.8) is 0 Å². The predicted molar refractivity (Wildman–Crippen MR) is 107 cm³/mol. The lowest BCUT2D eigenvalue weighted by molar-refractivity contribution is -0.263. The van der Waals surface area contributed by atoms with E-state index in [9.17, 15) is 35.7 Å². The van der Waals surface area contributed by atoms with Gasteiger partial charge in [-0.2, -0.15) is 0 Å². The van der Waals surface area contributed by atoms with E-state index in [1.54, 1.807) is 0 Å². The Labute approximate surface area is 181 Å². The summed E-state index contributed by atoms with van der Waals surface area (Å²) in [6.45, 7) is -0.290. The van der Waals surface area contributed by atoms with E-state index in [-0.39, 0.29) is 40.9 Å². The molecule has 8 N–H and O–H groups in total. The van der Waals surface area contributed by atoms with Crippen molar-refractivity contribution in [2.75, 3.05) is 13.7 Å². The van der Waals surface area contributed by atoms with Gasteiger partial charge in [-0.3, -0.25) is 0 Å². The molecular weight excluding hydrogens is 428 g/mol. The van der Waals surface area contributed by atoms with Crippen molar-refractivity contribution < 1.29 is 54.7 Å². The highest BCUT2D eigenvalue weighted by atomic mass is 16.7. The number of aliphatic hydroxyl groups is 4. The predicted octanol–water partition coefficient (Wildman–Crippen LogP) is 0.310. The Morgan fingerprint density at radius 1 is 0.969 bits per heavy atom. The Balaban J connectivity index is 1.77. The Morgan fingerprint density at radius 2 is 1.72 bits per heavy atom. The zero-order valence-electron chi connectivity index (χ0n) is 16.8. The molecule has 0 aromatic heterocycles. The molecule has 2 aromatic carbocycles. The molecule has 1 fully saturated rings. The minimum absolute atomic E-state index is 0.0356. The summed E-state index contributed by atoms with van der Waals surface area (Å²) in [4.78, 5) is 0. The third-order valence-corrected chi connectivity index (χ3v) is 5.26. The maximum atomic E-state index is 10.3. The van der Waals surface area contributed by atoms with Crippen LogP contribution in [0.3, 0.4) is 0 Å². The second kappa shape index (κ2) is 8.28. The molecule has 32 heavy (non-hydrogen) atoms. The molecule has 11 nitrogen and oxygen atoms in total. The number of methoxy groups -OCH3 is 1. The monoisotopic (exact) mass is 451 g/mol. The van der Waals surface area contributed by atoms with Crippen molar-refractivity contribution >= 4 is 6.08 Å². The van der Waals surface area contributed by atoms with Crippen LogP contribution in [0.5, 0.6) is 34.5 Å². The second-order valence-electron chi connectivity index (χ2n) is 7.44. The lowest BCUT2D eigenvalue weighted by atomic mass is 10.00. The smallest absolute Gasteiger partial charge is 0.270 e. The van der Waals surface area contributed by atoms with E-state index < -0.39 is 42.2 Å². The van der Waals surface area contributed by atoms with Crippen molar-refractivity contribution in [1.82, 2.24) is 0 Å². The van der Waals surface area contributed by atoms with Crippen molar-refractivity contribution in [2.45, 2.75) is 30.7 Å². The number of benzene rings is 2. The summed E-state index contributed by atoms with van der Waals surface area (Å²) in [6, 6.07) is 5.07. The fourth-order valence-corrected chi connectivity index (χ4v) is 3.57. The van der Waals surface area contributed by atoms with Gasteiger partial charge in [0.25, 0.3) is 11.9 Å². The fourth-order valence-electron chi connectivity index (χ4n) is 3.57. The van der Waals surface area contributed by atoms with Gasteiger partial charge in [-0.15, -0.1) is 0 Å². The Hall–Kier alpha value is -3.38. The normalized spacial score (nSPS) is 27.1. The van der Waals surface area contributed by atoms with Crippen LogP contribution in [0.15, 0.2) is 30.0 Å². The third-order valence-electron chi connectivity index (χ3n) is 5.26. The third kappa shape index (κ3) is 3.82. The molecule has 2 aliphatic heterocycles. The maximum absolute atomic E-state index is 10.3. The molecule has 4 rings (SSSR count).